The number of hydrogen-bond acceptors (Lipinski definition) is 4. The van der Waals surface area contributed by atoms with Crippen LogP contribution in [0, 0.1) is 0 Å². The second kappa shape index (κ2) is 7.19. The molecule has 0 amide bonds. The summed E-state index contributed by atoms with van der Waals surface area (Å²) in [6.45, 7) is 2.50. The van der Waals surface area contributed by atoms with Crippen LogP contribution in [0.5, 0.6) is 0 Å². The molecule has 21 heavy (non-hydrogen) atoms. The number of esters is 1. The standard InChI is InChI=1S/C14H19F3N2O2/c1-3-8-19(9-14(15,16)17)12-10(13(20)21-4-2)6-5-7-11(12)18/h5-7H,3-4,8-9,18H2,1-2H3. The maximum Gasteiger partial charge on any atom is 0.405 e. The maximum atomic E-state index is 12.7. The van der Waals surface area contributed by atoms with Crippen LogP contribution in [0.2, 0.25) is 0 Å². The van der Waals surface area contributed by atoms with Gasteiger partial charge >= 0.3 is 12.1 Å². The molecule has 0 unspecified atom stereocenters. The molecule has 0 bridgehead atoms. The van der Waals surface area contributed by atoms with Gasteiger partial charge in [0.25, 0.3) is 0 Å². The Kier molecular flexibility index (Phi) is 5.87. The number of nitrogen functional groups attached to an aromatic ring is 1. The normalized spacial score (nSPS) is 11.3. The van der Waals surface area contributed by atoms with Crippen LogP contribution in [0.15, 0.2) is 18.2 Å². The molecule has 0 spiro atoms. The van der Waals surface area contributed by atoms with E-state index in [0.29, 0.717) is 6.42 Å². The quantitative estimate of drug-likeness (QED) is 0.647. The molecule has 7 heteroatoms. The predicted octanol–water partition coefficient (Wildman–Crippen LogP) is 3.22. The summed E-state index contributed by atoms with van der Waals surface area (Å²) in [5.74, 6) is -0.678. The summed E-state index contributed by atoms with van der Waals surface area (Å²) in [4.78, 5) is 13.0. The fourth-order valence-corrected chi connectivity index (χ4v) is 2.04. The van der Waals surface area contributed by atoms with Gasteiger partial charge in [-0.05, 0) is 25.5 Å². The van der Waals surface area contributed by atoms with Crippen LogP contribution >= 0.6 is 0 Å². The predicted molar refractivity (Wildman–Crippen MR) is 75.4 cm³/mol. The van der Waals surface area contributed by atoms with Gasteiger partial charge in [0.15, 0.2) is 0 Å². The minimum Gasteiger partial charge on any atom is -0.462 e. The van der Waals surface area contributed by atoms with Crippen molar-refractivity contribution in [3.05, 3.63) is 23.8 Å². The summed E-state index contributed by atoms with van der Waals surface area (Å²) in [5, 5.41) is 0. The summed E-state index contributed by atoms with van der Waals surface area (Å²) >= 11 is 0. The molecule has 0 atom stereocenters. The molecule has 0 aromatic heterocycles. The third kappa shape index (κ3) is 4.84. The van der Waals surface area contributed by atoms with Crippen LogP contribution in [0.4, 0.5) is 24.5 Å². The maximum absolute atomic E-state index is 12.7. The summed E-state index contributed by atoms with van der Waals surface area (Å²) in [7, 11) is 0. The Morgan fingerprint density at radius 2 is 2.00 bits per heavy atom. The molecule has 0 aliphatic carbocycles. The van der Waals surface area contributed by atoms with Crippen molar-refractivity contribution >= 4 is 17.3 Å². The number of benzene rings is 1. The van der Waals surface area contributed by atoms with Crippen molar-refractivity contribution in [2.24, 2.45) is 0 Å². The third-order valence-electron chi connectivity index (χ3n) is 2.74. The molecular weight excluding hydrogens is 285 g/mol. The van der Waals surface area contributed by atoms with Gasteiger partial charge in [-0.2, -0.15) is 13.2 Å². The Morgan fingerprint density at radius 1 is 1.33 bits per heavy atom. The van der Waals surface area contributed by atoms with E-state index < -0.39 is 18.7 Å². The molecule has 1 aromatic carbocycles. The number of halogens is 3. The van der Waals surface area contributed by atoms with Crippen molar-refractivity contribution in [3.63, 3.8) is 0 Å². The molecule has 0 aliphatic heterocycles. The highest BCUT2D eigenvalue weighted by atomic mass is 19.4. The number of para-hydroxylation sites is 1. The van der Waals surface area contributed by atoms with Crippen molar-refractivity contribution in [1.82, 2.24) is 0 Å². The minimum atomic E-state index is -4.39. The zero-order chi connectivity index (χ0) is 16.0. The van der Waals surface area contributed by atoms with E-state index >= 15 is 0 Å². The van der Waals surface area contributed by atoms with Gasteiger partial charge in [0, 0.05) is 6.54 Å². The van der Waals surface area contributed by atoms with E-state index in [9.17, 15) is 18.0 Å². The van der Waals surface area contributed by atoms with Gasteiger partial charge in [-0.15, -0.1) is 0 Å². The number of rotatable bonds is 6. The largest absolute Gasteiger partial charge is 0.462 e. The third-order valence-corrected chi connectivity index (χ3v) is 2.74. The molecule has 4 nitrogen and oxygen atoms in total. The van der Waals surface area contributed by atoms with Gasteiger partial charge < -0.3 is 15.4 Å². The van der Waals surface area contributed by atoms with Crippen molar-refractivity contribution < 1.29 is 22.7 Å². The molecule has 1 rings (SSSR count). The first-order valence-electron chi connectivity index (χ1n) is 6.67. The van der Waals surface area contributed by atoms with E-state index in [0.717, 1.165) is 4.90 Å². The van der Waals surface area contributed by atoms with E-state index in [-0.39, 0.29) is 30.1 Å². The first-order chi connectivity index (χ1) is 9.80. The summed E-state index contributed by atoms with van der Waals surface area (Å²) in [6, 6.07) is 4.41. The Balaban J connectivity index is 3.25. The van der Waals surface area contributed by atoms with Gasteiger partial charge in [-0.25, -0.2) is 4.79 Å². The number of nitrogens with zero attached hydrogens (tertiary/aromatic N) is 1. The van der Waals surface area contributed by atoms with E-state index in [1.807, 2.05) is 0 Å². The highest BCUT2D eigenvalue weighted by molar-refractivity contribution is 5.99. The number of nitrogens with two attached hydrogens (primary N) is 1. The van der Waals surface area contributed by atoms with Crippen molar-refractivity contribution in [2.75, 3.05) is 30.3 Å². The molecule has 0 saturated carbocycles. The minimum absolute atomic E-state index is 0.0505. The SMILES string of the molecule is CCCN(CC(F)(F)F)c1c(N)cccc1C(=O)OCC. The average molecular weight is 304 g/mol. The second-order valence-corrected chi connectivity index (χ2v) is 4.50. The lowest BCUT2D eigenvalue weighted by Gasteiger charge is -2.28. The van der Waals surface area contributed by atoms with Crippen LogP contribution in [0.3, 0.4) is 0 Å². The smallest absolute Gasteiger partial charge is 0.405 e. The van der Waals surface area contributed by atoms with Gasteiger partial charge in [-0.3, -0.25) is 0 Å². The summed E-state index contributed by atoms with van der Waals surface area (Å²) in [6.07, 6.45) is -3.89. The highest BCUT2D eigenvalue weighted by Gasteiger charge is 2.33. The first kappa shape index (κ1) is 17.1. The monoisotopic (exact) mass is 304 g/mol. The molecule has 1 aromatic rings. The fourth-order valence-electron chi connectivity index (χ4n) is 2.04. The zero-order valence-corrected chi connectivity index (χ0v) is 12.0. The van der Waals surface area contributed by atoms with Gasteiger partial charge in [-0.1, -0.05) is 13.0 Å². The van der Waals surface area contributed by atoms with E-state index in [1.54, 1.807) is 13.8 Å². The zero-order valence-electron chi connectivity index (χ0n) is 12.0. The fraction of sp³-hybridized carbons (Fsp3) is 0.500. The van der Waals surface area contributed by atoms with Crippen LogP contribution in [-0.4, -0.2) is 31.8 Å². The molecule has 0 saturated heterocycles. The van der Waals surface area contributed by atoms with Gasteiger partial charge in [0.05, 0.1) is 23.5 Å². The Hall–Kier alpha value is -1.92. The lowest BCUT2D eigenvalue weighted by molar-refractivity contribution is -0.119. The van der Waals surface area contributed by atoms with Crippen LogP contribution < -0.4 is 10.6 Å². The van der Waals surface area contributed by atoms with Gasteiger partial charge in [0.2, 0.25) is 0 Å². The molecular formula is C14H19F3N2O2. The topological polar surface area (TPSA) is 55.6 Å². The Bertz CT molecular complexity index is 490. The molecule has 0 aliphatic rings. The van der Waals surface area contributed by atoms with E-state index in [4.69, 9.17) is 10.5 Å². The van der Waals surface area contributed by atoms with Crippen molar-refractivity contribution in [1.29, 1.82) is 0 Å². The summed E-state index contributed by atoms with van der Waals surface area (Å²) in [5.41, 5.74) is 6.04. The van der Waals surface area contributed by atoms with Crippen LogP contribution in [0.25, 0.3) is 0 Å². The molecule has 0 fully saturated rings. The lowest BCUT2D eigenvalue weighted by Crippen LogP contribution is -2.36. The van der Waals surface area contributed by atoms with E-state index in [2.05, 4.69) is 0 Å². The van der Waals surface area contributed by atoms with Crippen molar-refractivity contribution in [2.45, 2.75) is 26.4 Å². The number of carbonyl (C=O) groups excluding carboxylic acids is 1. The molecule has 118 valence electrons. The van der Waals surface area contributed by atoms with E-state index in [1.165, 1.54) is 18.2 Å². The molecule has 2 N–H and O–H groups in total. The number of anilines is 2. The average Bonchev–Trinajstić information content (AvgIpc) is 2.36. The Labute approximate surface area is 121 Å². The second-order valence-electron chi connectivity index (χ2n) is 4.50. The number of hydrogen-bond donors (Lipinski definition) is 1. The van der Waals surface area contributed by atoms with Gasteiger partial charge in [0.1, 0.15) is 6.54 Å². The number of alkyl halides is 3. The van der Waals surface area contributed by atoms with Crippen molar-refractivity contribution in [3.8, 4) is 0 Å². The van der Waals surface area contributed by atoms with Crippen LogP contribution in [0.1, 0.15) is 30.6 Å². The number of carbonyl (C=O) groups is 1. The lowest BCUT2D eigenvalue weighted by atomic mass is 10.1. The summed E-state index contributed by atoms with van der Waals surface area (Å²) < 4.78 is 43.1. The van der Waals surface area contributed by atoms with Crippen LogP contribution in [-0.2, 0) is 4.74 Å². The molecule has 0 heterocycles. The molecule has 0 radical (unpaired) electrons. The Morgan fingerprint density at radius 3 is 2.52 bits per heavy atom. The number of ether oxygens (including phenoxy) is 1. The first-order valence-corrected chi connectivity index (χ1v) is 6.67. The highest BCUT2D eigenvalue weighted by Crippen LogP contribution is 2.31.